The summed E-state index contributed by atoms with van der Waals surface area (Å²) < 4.78 is 5.28. The Morgan fingerprint density at radius 3 is 2.30 bits per heavy atom. The molecule has 27 heavy (non-hydrogen) atoms. The van der Waals surface area contributed by atoms with Gasteiger partial charge >= 0.3 is 6.09 Å². The van der Waals surface area contributed by atoms with Crippen LogP contribution >= 0.6 is 0 Å². The van der Waals surface area contributed by atoms with E-state index in [0.717, 1.165) is 22.4 Å². The third-order valence-corrected chi connectivity index (χ3v) is 4.42. The van der Waals surface area contributed by atoms with Crippen molar-refractivity contribution in [3.63, 3.8) is 0 Å². The molecule has 140 valence electrons. The molecule has 1 unspecified atom stereocenters. The van der Waals surface area contributed by atoms with Crippen molar-refractivity contribution in [3.05, 3.63) is 54.1 Å². The molecule has 0 saturated carbocycles. The maximum atomic E-state index is 12.1. The van der Waals surface area contributed by atoms with Crippen LogP contribution < -0.4 is 10.2 Å². The van der Waals surface area contributed by atoms with Gasteiger partial charge in [-0.1, -0.05) is 41.6 Å². The van der Waals surface area contributed by atoms with Gasteiger partial charge in [0, 0.05) is 12.6 Å². The maximum absolute atomic E-state index is 12.1. The lowest BCUT2D eigenvalue weighted by Crippen LogP contribution is -2.33. The molecular weight excluding hydrogens is 346 g/mol. The number of hydrogen-bond donors (Lipinski definition) is 2. The molecule has 1 atom stereocenters. The van der Waals surface area contributed by atoms with Crippen molar-refractivity contribution in [2.24, 2.45) is 5.16 Å². The molecular formula is C20H21N3O4. The van der Waals surface area contributed by atoms with Crippen LogP contribution in [0.25, 0.3) is 11.1 Å². The average molecular weight is 367 g/mol. The van der Waals surface area contributed by atoms with Gasteiger partial charge in [-0.15, -0.1) is 0 Å². The molecule has 0 radical (unpaired) electrons. The average Bonchev–Trinajstić information content (AvgIpc) is 3.06. The van der Waals surface area contributed by atoms with E-state index in [1.165, 1.54) is 6.92 Å². The zero-order valence-electron chi connectivity index (χ0n) is 15.2. The number of hydrogen-bond acceptors (Lipinski definition) is 5. The summed E-state index contributed by atoms with van der Waals surface area (Å²) in [5.41, 5.74) is 4.17. The lowest BCUT2D eigenvalue weighted by atomic mass is 10.0. The fourth-order valence-corrected chi connectivity index (χ4v) is 2.89. The Labute approximate surface area is 157 Å². The van der Waals surface area contributed by atoms with Gasteiger partial charge in [-0.3, -0.25) is 9.69 Å². The van der Waals surface area contributed by atoms with E-state index >= 15 is 0 Å². The molecule has 2 amide bonds. The Kier molecular flexibility index (Phi) is 5.40. The summed E-state index contributed by atoms with van der Waals surface area (Å²) in [5, 5.41) is 14.7. The number of nitrogens with zero attached hydrogens (tertiary/aromatic N) is 2. The minimum Gasteiger partial charge on any atom is -0.442 e. The lowest BCUT2D eigenvalue weighted by Gasteiger charge is -2.14. The van der Waals surface area contributed by atoms with Crippen LogP contribution in [0.15, 0.2) is 53.7 Å². The third kappa shape index (κ3) is 4.25. The number of carbonyl (C=O) groups excluding carboxylic acids is 2. The van der Waals surface area contributed by atoms with Gasteiger partial charge in [0.15, 0.2) is 0 Å². The maximum Gasteiger partial charge on any atom is 0.414 e. The van der Waals surface area contributed by atoms with Crippen molar-refractivity contribution in [2.45, 2.75) is 20.0 Å². The van der Waals surface area contributed by atoms with E-state index in [9.17, 15) is 9.59 Å². The minimum atomic E-state index is -0.416. The van der Waals surface area contributed by atoms with E-state index in [2.05, 4.69) is 10.5 Å². The van der Waals surface area contributed by atoms with Crippen LogP contribution in [0.4, 0.5) is 10.5 Å². The Morgan fingerprint density at radius 2 is 1.74 bits per heavy atom. The van der Waals surface area contributed by atoms with Gasteiger partial charge in [0.2, 0.25) is 5.91 Å². The smallest absolute Gasteiger partial charge is 0.414 e. The summed E-state index contributed by atoms with van der Waals surface area (Å²) in [6.45, 7) is 3.86. The molecule has 3 rings (SSSR count). The number of benzene rings is 2. The highest BCUT2D eigenvalue weighted by Gasteiger charge is 2.32. The van der Waals surface area contributed by atoms with Crippen molar-refractivity contribution >= 4 is 23.4 Å². The van der Waals surface area contributed by atoms with Gasteiger partial charge in [0.1, 0.15) is 6.10 Å². The van der Waals surface area contributed by atoms with Crippen LogP contribution in [0, 0.1) is 0 Å². The zero-order chi connectivity index (χ0) is 19.4. The molecule has 7 heteroatoms. The van der Waals surface area contributed by atoms with Crippen LogP contribution in [-0.2, 0) is 9.53 Å². The number of amides is 2. The summed E-state index contributed by atoms with van der Waals surface area (Å²) in [6, 6.07) is 15.3. The first-order valence-corrected chi connectivity index (χ1v) is 8.60. The fourth-order valence-electron chi connectivity index (χ4n) is 2.89. The number of cyclic esters (lactones) is 1. The normalized spacial score (nSPS) is 17.0. The van der Waals surface area contributed by atoms with E-state index in [1.807, 2.05) is 48.5 Å². The van der Waals surface area contributed by atoms with Crippen molar-refractivity contribution in [1.82, 2.24) is 5.32 Å². The summed E-state index contributed by atoms with van der Waals surface area (Å²) in [4.78, 5) is 24.6. The molecule has 0 bridgehead atoms. The van der Waals surface area contributed by atoms with Crippen LogP contribution in [0.3, 0.4) is 0 Å². The first-order chi connectivity index (χ1) is 13.0. The third-order valence-electron chi connectivity index (χ3n) is 4.42. The molecule has 0 aromatic heterocycles. The van der Waals surface area contributed by atoms with Gasteiger partial charge in [-0.25, -0.2) is 4.79 Å². The van der Waals surface area contributed by atoms with Gasteiger partial charge in [0.05, 0.1) is 18.8 Å². The highest BCUT2D eigenvalue weighted by molar-refractivity contribution is 5.98. The van der Waals surface area contributed by atoms with Gasteiger partial charge in [-0.05, 0) is 35.7 Å². The van der Waals surface area contributed by atoms with E-state index < -0.39 is 6.09 Å². The van der Waals surface area contributed by atoms with E-state index in [-0.39, 0.29) is 12.0 Å². The highest BCUT2D eigenvalue weighted by atomic mass is 16.6. The molecule has 7 nitrogen and oxygen atoms in total. The van der Waals surface area contributed by atoms with Crippen LogP contribution in [0.5, 0.6) is 0 Å². The number of nitrogens with one attached hydrogen (secondary N) is 1. The molecule has 1 fully saturated rings. The molecule has 1 heterocycles. The number of ether oxygens (including phenoxy) is 1. The zero-order valence-corrected chi connectivity index (χ0v) is 15.2. The topological polar surface area (TPSA) is 91.2 Å². The lowest BCUT2D eigenvalue weighted by molar-refractivity contribution is -0.119. The molecule has 2 aromatic carbocycles. The summed E-state index contributed by atoms with van der Waals surface area (Å²) >= 11 is 0. The fraction of sp³-hybridized carbons (Fsp3) is 0.250. The Hall–Kier alpha value is -3.35. The molecule has 1 saturated heterocycles. The predicted molar refractivity (Wildman–Crippen MR) is 102 cm³/mol. The first kappa shape index (κ1) is 18.4. The van der Waals surface area contributed by atoms with Crippen LogP contribution in [0.2, 0.25) is 0 Å². The second-order valence-corrected chi connectivity index (χ2v) is 6.36. The van der Waals surface area contributed by atoms with Crippen molar-refractivity contribution in [1.29, 1.82) is 0 Å². The molecule has 2 N–H and O–H groups in total. The predicted octanol–water partition coefficient (Wildman–Crippen LogP) is 3.01. The van der Waals surface area contributed by atoms with Crippen molar-refractivity contribution < 1.29 is 19.5 Å². The number of carbonyl (C=O) groups is 2. The summed E-state index contributed by atoms with van der Waals surface area (Å²) in [5.74, 6) is -0.152. The molecule has 2 aromatic rings. The van der Waals surface area contributed by atoms with Gasteiger partial charge in [-0.2, -0.15) is 0 Å². The van der Waals surface area contributed by atoms with E-state index in [0.29, 0.717) is 18.8 Å². The Morgan fingerprint density at radius 1 is 1.15 bits per heavy atom. The summed E-state index contributed by atoms with van der Waals surface area (Å²) in [7, 11) is 0. The van der Waals surface area contributed by atoms with Crippen LogP contribution in [0.1, 0.15) is 19.4 Å². The largest absolute Gasteiger partial charge is 0.442 e. The molecule has 1 aliphatic heterocycles. The van der Waals surface area contributed by atoms with Crippen molar-refractivity contribution in [3.8, 4) is 11.1 Å². The van der Waals surface area contributed by atoms with Crippen LogP contribution in [-0.4, -0.2) is 42.1 Å². The monoisotopic (exact) mass is 367 g/mol. The quantitative estimate of drug-likeness (QED) is 0.483. The van der Waals surface area contributed by atoms with Crippen molar-refractivity contribution in [2.75, 3.05) is 18.0 Å². The number of anilines is 1. The van der Waals surface area contributed by atoms with Gasteiger partial charge in [0.25, 0.3) is 0 Å². The number of rotatable bonds is 5. The molecule has 1 aliphatic rings. The minimum absolute atomic E-state index is 0.152. The second kappa shape index (κ2) is 7.90. The standard InChI is InChI=1S/C20H21N3O4/c1-13(22-26)15-3-5-16(6-4-15)17-7-9-18(10-8-17)23-12-19(27-20(23)25)11-21-14(2)24/h3-10,19,26H,11-12H2,1-2H3,(H,21,24). The highest BCUT2D eigenvalue weighted by Crippen LogP contribution is 2.26. The van der Waals surface area contributed by atoms with E-state index in [4.69, 9.17) is 9.94 Å². The molecule has 0 aliphatic carbocycles. The Bertz CT molecular complexity index is 860. The van der Waals surface area contributed by atoms with E-state index in [1.54, 1.807) is 11.8 Å². The summed E-state index contributed by atoms with van der Waals surface area (Å²) in [6.07, 6.45) is -0.772. The number of oxime groups is 1. The second-order valence-electron chi connectivity index (χ2n) is 6.36. The SMILES string of the molecule is CC(=O)NCC1CN(c2ccc(-c3ccc(C(C)=NO)cc3)cc2)C(=O)O1. The van der Waals surface area contributed by atoms with Gasteiger partial charge < -0.3 is 15.3 Å². The Balaban J connectivity index is 1.70. The molecule has 0 spiro atoms. The first-order valence-electron chi connectivity index (χ1n) is 8.60.